The first-order chi connectivity index (χ1) is 9.52. The van der Waals surface area contributed by atoms with E-state index in [-0.39, 0.29) is 11.4 Å². The maximum Gasteiger partial charge on any atom is 0.350 e. The van der Waals surface area contributed by atoms with Crippen LogP contribution in [0.25, 0.3) is 0 Å². The zero-order chi connectivity index (χ0) is 14.8. The lowest BCUT2D eigenvalue weighted by Crippen LogP contribution is -2.29. The third-order valence-corrected chi connectivity index (χ3v) is 3.08. The summed E-state index contributed by atoms with van der Waals surface area (Å²) in [5, 5.41) is 11.7. The molecule has 0 amide bonds. The molecule has 0 aromatic heterocycles. The number of halogens is 1. The number of rotatable bonds is 3. The summed E-state index contributed by atoms with van der Waals surface area (Å²) >= 11 is 0. The van der Waals surface area contributed by atoms with Crippen LogP contribution in [-0.2, 0) is 9.63 Å². The maximum atomic E-state index is 11.9. The summed E-state index contributed by atoms with van der Waals surface area (Å²) in [7, 11) is 0. The number of aliphatic carboxylic acids is 1. The van der Waals surface area contributed by atoms with Crippen LogP contribution in [0.4, 0.5) is 4.39 Å². The predicted molar refractivity (Wildman–Crippen MR) is 75.1 cm³/mol. The number of carbonyl (C=O) groups is 1. The normalized spacial score (nSPS) is 17.1. The molecule has 0 aliphatic heterocycles. The van der Waals surface area contributed by atoms with Gasteiger partial charge in [-0.1, -0.05) is 29.8 Å². The monoisotopic (exact) mass is 281 g/mol. The van der Waals surface area contributed by atoms with Crippen molar-refractivity contribution in [1.82, 2.24) is 0 Å². The van der Waals surface area contributed by atoms with Gasteiger partial charge in [-0.2, -0.15) is 0 Å². The molecule has 0 saturated heterocycles. The minimum absolute atomic E-state index is 0.178. The smallest absolute Gasteiger partial charge is 0.350 e. The number of carboxylic acid groups (broad SMARTS) is 1. The van der Waals surface area contributed by atoms with Crippen LogP contribution in [-0.4, -0.2) is 22.9 Å². The van der Waals surface area contributed by atoms with E-state index in [2.05, 4.69) is 5.16 Å². The van der Waals surface area contributed by atoms with E-state index in [1.807, 2.05) is 6.92 Å². The van der Waals surface area contributed by atoms with E-state index in [0.29, 0.717) is 0 Å². The zero-order valence-electron chi connectivity index (χ0n) is 11.6. The topological polar surface area (TPSA) is 58.9 Å². The standard InChI is InChI=1S/C9H15NO3.C6H5F/c1-9(5-3-2-4-6-9)13-10-7-8(11)12;7-6-4-2-1-3-5-6/h7H,2-6H2,1H3,(H,11,12);1-5H/b10-7-;. The fourth-order valence-electron chi connectivity index (χ4n) is 2.00. The highest BCUT2D eigenvalue weighted by Gasteiger charge is 2.28. The molecule has 0 unspecified atom stereocenters. The molecule has 1 aromatic carbocycles. The molecule has 1 aliphatic carbocycles. The number of hydrogen-bond donors (Lipinski definition) is 1. The Balaban J connectivity index is 0.000000240. The molecule has 1 aromatic rings. The number of oxime groups is 1. The third kappa shape index (κ3) is 6.87. The summed E-state index contributed by atoms with van der Waals surface area (Å²) in [6, 6.07) is 7.94. The van der Waals surface area contributed by atoms with Crippen molar-refractivity contribution >= 4 is 12.2 Å². The Morgan fingerprint density at radius 3 is 2.35 bits per heavy atom. The van der Waals surface area contributed by atoms with Gasteiger partial charge in [-0.25, -0.2) is 9.18 Å². The highest BCUT2D eigenvalue weighted by molar-refractivity contribution is 6.21. The Kier molecular flexibility index (Phi) is 6.70. The summed E-state index contributed by atoms with van der Waals surface area (Å²) in [6.45, 7) is 1.98. The summed E-state index contributed by atoms with van der Waals surface area (Å²) in [6.07, 6.45) is 6.23. The Morgan fingerprint density at radius 2 is 1.90 bits per heavy atom. The molecule has 1 saturated carbocycles. The van der Waals surface area contributed by atoms with Crippen molar-refractivity contribution in [2.24, 2.45) is 5.16 Å². The van der Waals surface area contributed by atoms with Crippen molar-refractivity contribution in [2.45, 2.75) is 44.6 Å². The lowest BCUT2D eigenvalue weighted by atomic mass is 9.87. The van der Waals surface area contributed by atoms with E-state index in [0.717, 1.165) is 31.9 Å². The zero-order valence-corrected chi connectivity index (χ0v) is 11.6. The van der Waals surface area contributed by atoms with Gasteiger partial charge < -0.3 is 9.94 Å². The summed E-state index contributed by atoms with van der Waals surface area (Å²) in [5.41, 5.74) is -0.246. The van der Waals surface area contributed by atoms with Crippen molar-refractivity contribution < 1.29 is 19.1 Å². The Bertz CT molecular complexity index is 428. The van der Waals surface area contributed by atoms with Gasteiger partial charge in [0.2, 0.25) is 0 Å². The van der Waals surface area contributed by atoms with Crippen LogP contribution < -0.4 is 0 Å². The SMILES string of the molecule is CC1(O/N=C\C(=O)O)CCCCC1.Fc1ccccc1. The Morgan fingerprint density at radius 1 is 1.30 bits per heavy atom. The Labute approximate surface area is 118 Å². The quantitative estimate of drug-likeness (QED) is 0.680. The predicted octanol–water partition coefficient (Wildman–Crippen LogP) is 3.62. The van der Waals surface area contributed by atoms with Gasteiger partial charge >= 0.3 is 5.97 Å². The van der Waals surface area contributed by atoms with Crippen LogP contribution in [0.5, 0.6) is 0 Å². The molecular weight excluding hydrogens is 261 g/mol. The fourth-order valence-corrected chi connectivity index (χ4v) is 2.00. The molecule has 5 heteroatoms. The second kappa shape index (κ2) is 8.30. The van der Waals surface area contributed by atoms with Gasteiger partial charge in [-0.15, -0.1) is 0 Å². The van der Waals surface area contributed by atoms with Crippen molar-refractivity contribution in [2.75, 3.05) is 0 Å². The van der Waals surface area contributed by atoms with Gasteiger partial charge in [0.1, 0.15) is 11.4 Å². The molecule has 2 rings (SSSR count). The van der Waals surface area contributed by atoms with E-state index >= 15 is 0 Å². The van der Waals surface area contributed by atoms with E-state index < -0.39 is 5.97 Å². The van der Waals surface area contributed by atoms with E-state index in [1.54, 1.807) is 18.2 Å². The minimum atomic E-state index is -1.07. The van der Waals surface area contributed by atoms with Gasteiger partial charge in [-0.3, -0.25) is 0 Å². The first-order valence-corrected chi connectivity index (χ1v) is 6.67. The first-order valence-electron chi connectivity index (χ1n) is 6.67. The lowest BCUT2D eigenvalue weighted by molar-refractivity contribution is -0.129. The highest BCUT2D eigenvalue weighted by Crippen LogP contribution is 2.30. The second-order valence-electron chi connectivity index (χ2n) is 4.97. The third-order valence-electron chi connectivity index (χ3n) is 3.08. The van der Waals surface area contributed by atoms with Crippen molar-refractivity contribution in [3.8, 4) is 0 Å². The Hall–Kier alpha value is -1.91. The molecule has 1 N–H and O–H groups in total. The molecule has 0 heterocycles. The molecule has 4 nitrogen and oxygen atoms in total. The molecule has 1 fully saturated rings. The van der Waals surface area contributed by atoms with Gasteiger partial charge in [-0.05, 0) is 44.7 Å². The average Bonchev–Trinajstić information content (AvgIpc) is 2.40. The average molecular weight is 281 g/mol. The maximum absolute atomic E-state index is 11.9. The minimum Gasteiger partial charge on any atom is -0.477 e. The van der Waals surface area contributed by atoms with Crippen LogP contribution in [0.1, 0.15) is 39.0 Å². The molecule has 0 bridgehead atoms. The van der Waals surface area contributed by atoms with Crippen molar-refractivity contribution in [1.29, 1.82) is 0 Å². The first kappa shape index (κ1) is 16.1. The molecule has 1 aliphatic rings. The van der Waals surface area contributed by atoms with Gasteiger partial charge in [0.25, 0.3) is 0 Å². The van der Waals surface area contributed by atoms with Crippen LogP contribution in [0.2, 0.25) is 0 Å². The largest absolute Gasteiger partial charge is 0.477 e. The van der Waals surface area contributed by atoms with Crippen LogP contribution >= 0.6 is 0 Å². The number of hydrogen-bond acceptors (Lipinski definition) is 3. The fraction of sp³-hybridized carbons (Fsp3) is 0.467. The van der Waals surface area contributed by atoms with Gasteiger partial charge in [0.05, 0.1) is 0 Å². The highest BCUT2D eigenvalue weighted by atomic mass is 19.1. The second-order valence-corrected chi connectivity index (χ2v) is 4.97. The van der Waals surface area contributed by atoms with E-state index in [1.165, 1.54) is 18.6 Å². The lowest BCUT2D eigenvalue weighted by Gasteiger charge is -2.30. The van der Waals surface area contributed by atoms with E-state index in [9.17, 15) is 9.18 Å². The summed E-state index contributed by atoms with van der Waals surface area (Å²) in [5.74, 6) is -1.25. The number of benzene rings is 1. The van der Waals surface area contributed by atoms with Gasteiger partial charge in [0, 0.05) is 0 Å². The molecule has 0 radical (unpaired) electrons. The van der Waals surface area contributed by atoms with Crippen LogP contribution in [0, 0.1) is 5.82 Å². The van der Waals surface area contributed by atoms with Crippen molar-refractivity contribution in [3.05, 3.63) is 36.1 Å². The van der Waals surface area contributed by atoms with Crippen LogP contribution in [0.15, 0.2) is 35.5 Å². The molecule has 0 spiro atoms. The molecule has 0 atom stereocenters. The van der Waals surface area contributed by atoms with Crippen LogP contribution in [0.3, 0.4) is 0 Å². The summed E-state index contributed by atoms with van der Waals surface area (Å²) < 4.78 is 11.9. The molecule has 110 valence electrons. The van der Waals surface area contributed by atoms with E-state index in [4.69, 9.17) is 9.94 Å². The number of carboxylic acids is 1. The summed E-state index contributed by atoms with van der Waals surface area (Å²) in [4.78, 5) is 15.3. The number of nitrogens with zero attached hydrogens (tertiary/aromatic N) is 1. The van der Waals surface area contributed by atoms with Crippen molar-refractivity contribution in [3.63, 3.8) is 0 Å². The molecular formula is C15H20FNO3. The molecule has 20 heavy (non-hydrogen) atoms. The van der Waals surface area contributed by atoms with Gasteiger partial charge in [0.15, 0.2) is 6.21 Å².